The van der Waals surface area contributed by atoms with E-state index in [9.17, 15) is 9.59 Å². The number of ether oxygens (including phenoxy) is 1. The Morgan fingerprint density at radius 2 is 1.96 bits per heavy atom. The first-order valence-electron chi connectivity index (χ1n) is 9.33. The van der Waals surface area contributed by atoms with Crippen molar-refractivity contribution in [2.75, 3.05) is 25.1 Å². The summed E-state index contributed by atoms with van der Waals surface area (Å²) in [5.41, 5.74) is 1.60. The molecule has 0 N–H and O–H groups in total. The number of benzene rings is 1. The van der Waals surface area contributed by atoms with Crippen molar-refractivity contribution in [3.8, 4) is 16.6 Å². The molecule has 0 atom stereocenters. The number of carbonyl (C=O) groups is 2. The van der Waals surface area contributed by atoms with Gasteiger partial charge in [-0.1, -0.05) is 37.3 Å². The molecule has 1 aromatic heterocycles. The van der Waals surface area contributed by atoms with Crippen LogP contribution in [0.15, 0.2) is 36.4 Å². The van der Waals surface area contributed by atoms with Gasteiger partial charge in [-0.25, -0.2) is 4.79 Å². The minimum absolute atomic E-state index is 0.0297. The van der Waals surface area contributed by atoms with Crippen LogP contribution in [0, 0.1) is 11.5 Å². The van der Waals surface area contributed by atoms with Crippen LogP contribution in [0.3, 0.4) is 0 Å². The standard InChI is InChI=1S/C21H23N3O3S/c1-3-19(25)24(16-9-11-23(14-22)12-10-16)17-13-18(15-7-5-4-6-8-15)28-20(17)21(26)27-2/h4-8,13,16H,3,9-12H2,1-2H3. The predicted molar refractivity (Wildman–Crippen MR) is 109 cm³/mol. The summed E-state index contributed by atoms with van der Waals surface area (Å²) in [6, 6.07) is 11.7. The molecule has 1 aliphatic rings. The van der Waals surface area contributed by atoms with Gasteiger partial charge in [0, 0.05) is 30.4 Å². The van der Waals surface area contributed by atoms with E-state index in [2.05, 4.69) is 6.19 Å². The molecule has 0 spiro atoms. The molecule has 0 saturated carbocycles. The summed E-state index contributed by atoms with van der Waals surface area (Å²) in [6.07, 6.45) is 3.89. The fourth-order valence-corrected chi connectivity index (χ4v) is 4.55. The maximum Gasteiger partial charge on any atom is 0.350 e. The highest BCUT2D eigenvalue weighted by Crippen LogP contribution is 2.39. The number of methoxy groups -OCH3 is 1. The molecule has 7 heteroatoms. The number of rotatable bonds is 5. The maximum atomic E-state index is 12.9. The van der Waals surface area contributed by atoms with E-state index in [0.29, 0.717) is 42.9 Å². The number of hydrogen-bond donors (Lipinski definition) is 0. The number of piperidine rings is 1. The van der Waals surface area contributed by atoms with Crippen molar-refractivity contribution in [1.29, 1.82) is 5.26 Å². The van der Waals surface area contributed by atoms with Gasteiger partial charge < -0.3 is 14.5 Å². The zero-order chi connectivity index (χ0) is 20.1. The molecule has 146 valence electrons. The van der Waals surface area contributed by atoms with E-state index < -0.39 is 5.97 Å². The average molecular weight is 398 g/mol. The number of anilines is 1. The average Bonchev–Trinajstić information content (AvgIpc) is 3.19. The van der Waals surface area contributed by atoms with Crippen LogP contribution < -0.4 is 4.90 Å². The monoisotopic (exact) mass is 397 g/mol. The molecule has 0 aliphatic carbocycles. The van der Waals surface area contributed by atoms with Crippen LogP contribution in [0.25, 0.3) is 10.4 Å². The Kier molecular flexibility index (Phi) is 6.32. The summed E-state index contributed by atoms with van der Waals surface area (Å²) in [5, 5.41) is 9.10. The lowest BCUT2D eigenvalue weighted by Gasteiger charge is -2.36. The summed E-state index contributed by atoms with van der Waals surface area (Å²) in [4.78, 5) is 30.2. The lowest BCUT2D eigenvalue weighted by atomic mass is 10.0. The SMILES string of the molecule is CCC(=O)N(c1cc(-c2ccccc2)sc1C(=O)OC)C1CCN(C#N)CC1. The number of likely N-dealkylation sites (tertiary alicyclic amines) is 1. The Balaban J connectivity index is 2.03. The Bertz CT molecular complexity index is 880. The van der Waals surface area contributed by atoms with Crippen LogP contribution in [0.1, 0.15) is 35.9 Å². The molecule has 0 radical (unpaired) electrons. The third-order valence-electron chi connectivity index (χ3n) is 4.94. The topological polar surface area (TPSA) is 73.6 Å². The van der Waals surface area contributed by atoms with Gasteiger partial charge in [0.05, 0.1) is 12.8 Å². The Labute approximate surface area is 168 Å². The van der Waals surface area contributed by atoms with E-state index in [-0.39, 0.29) is 11.9 Å². The number of thiophene rings is 1. The number of amides is 1. The molecule has 2 heterocycles. The smallest absolute Gasteiger partial charge is 0.350 e. The van der Waals surface area contributed by atoms with Crippen LogP contribution in [0.5, 0.6) is 0 Å². The Morgan fingerprint density at radius 3 is 2.54 bits per heavy atom. The molecule has 1 aromatic carbocycles. The number of carbonyl (C=O) groups excluding carboxylic acids is 2. The van der Waals surface area contributed by atoms with Crippen LogP contribution in [0.4, 0.5) is 5.69 Å². The largest absolute Gasteiger partial charge is 0.465 e. The van der Waals surface area contributed by atoms with Gasteiger partial charge in [0.2, 0.25) is 5.91 Å². The van der Waals surface area contributed by atoms with E-state index >= 15 is 0 Å². The quantitative estimate of drug-likeness (QED) is 0.565. The lowest BCUT2D eigenvalue weighted by Crippen LogP contribution is -2.46. The number of hydrogen-bond acceptors (Lipinski definition) is 6. The molecule has 0 unspecified atom stereocenters. The van der Waals surface area contributed by atoms with E-state index in [4.69, 9.17) is 10.00 Å². The van der Waals surface area contributed by atoms with Crippen molar-refractivity contribution < 1.29 is 14.3 Å². The molecule has 1 fully saturated rings. The normalized spacial score (nSPS) is 14.4. The van der Waals surface area contributed by atoms with E-state index in [1.807, 2.05) is 43.3 Å². The highest BCUT2D eigenvalue weighted by Gasteiger charge is 2.32. The highest BCUT2D eigenvalue weighted by atomic mass is 32.1. The van der Waals surface area contributed by atoms with Crippen LogP contribution in [-0.4, -0.2) is 43.0 Å². The summed E-state index contributed by atoms with van der Waals surface area (Å²) in [7, 11) is 1.35. The van der Waals surface area contributed by atoms with Crippen molar-refractivity contribution in [3.05, 3.63) is 41.3 Å². The van der Waals surface area contributed by atoms with Gasteiger partial charge in [-0.15, -0.1) is 11.3 Å². The van der Waals surface area contributed by atoms with E-state index in [1.165, 1.54) is 18.4 Å². The first-order valence-corrected chi connectivity index (χ1v) is 10.1. The van der Waals surface area contributed by atoms with Gasteiger partial charge >= 0.3 is 5.97 Å². The second-order valence-corrected chi connectivity index (χ2v) is 7.67. The van der Waals surface area contributed by atoms with Crippen molar-refractivity contribution in [1.82, 2.24) is 4.90 Å². The first kappa shape index (κ1) is 19.9. The molecular formula is C21H23N3O3S. The third-order valence-corrected chi connectivity index (χ3v) is 6.10. The zero-order valence-electron chi connectivity index (χ0n) is 16.1. The van der Waals surface area contributed by atoms with E-state index in [0.717, 1.165) is 10.4 Å². The van der Waals surface area contributed by atoms with Gasteiger partial charge in [0.1, 0.15) is 4.88 Å². The maximum absolute atomic E-state index is 12.9. The summed E-state index contributed by atoms with van der Waals surface area (Å²) < 4.78 is 4.99. The van der Waals surface area contributed by atoms with Gasteiger partial charge in [-0.3, -0.25) is 4.79 Å². The van der Waals surface area contributed by atoms with Crippen LogP contribution in [0.2, 0.25) is 0 Å². The molecule has 2 aromatic rings. The van der Waals surface area contributed by atoms with Crippen LogP contribution in [-0.2, 0) is 9.53 Å². The van der Waals surface area contributed by atoms with Gasteiger partial charge in [-0.2, -0.15) is 5.26 Å². The van der Waals surface area contributed by atoms with Crippen molar-refractivity contribution in [2.45, 2.75) is 32.2 Å². The fourth-order valence-electron chi connectivity index (χ4n) is 3.47. The Morgan fingerprint density at radius 1 is 1.29 bits per heavy atom. The molecule has 1 amide bonds. The molecule has 1 saturated heterocycles. The second kappa shape index (κ2) is 8.89. The van der Waals surface area contributed by atoms with Crippen molar-refractivity contribution >= 4 is 28.9 Å². The fraction of sp³-hybridized carbons (Fsp3) is 0.381. The molecular weight excluding hydrogens is 374 g/mol. The summed E-state index contributed by atoms with van der Waals surface area (Å²) >= 11 is 1.34. The summed E-state index contributed by atoms with van der Waals surface area (Å²) in [6.45, 7) is 3.04. The van der Waals surface area contributed by atoms with Crippen molar-refractivity contribution in [3.63, 3.8) is 0 Å². The third kappa shape index (κ3) is 4.02. The number of nitriles is 1. The van der Waals surface area contributed by atoms with Crippen molar-refractivity contribution in [2.24, 2.45) is 0 Å². The van der Waals surface area contributed by atoms with Gasteiger partial charge in [-0.05, 0) is 24.5 Å². The minimum Gasteiger partial charge on any atom is -0.465 e. The molecule has 3 rings (SSSR count). The highest BCUT2D eigenvalue weighted by molar-refractivity contribution is 7.18. The Hall–Kier alpha value is -2.85. The number of esters is 1. The van der Waals surface area contributed by atoms with E-state index in [1.54, 1.807) is 9.80 Å². The van der Waals surface area contributed by atoms with Gasteiger partial charge in [0.15, 0.2) is 6.19 Å². The molecule has 1 aliphatic heterocycles. The zero-order valence-corrected chi connectivity index (χ0v) is 16.9. The lowest BCUT2D eigenvalue weighted by molar-refractivity contribution is -0.119. The van der Waals surface area contributed by atoms with Crippen LogP contribution >= 0.6 is 11.3 Å². The predicted octanol–water partition coefficient (Wildman–Crippen LogP) is 3.89. The molecule has 6 nitrogen and oxygen atoms in total. The molecule has 0 bridgehead atoms. The van der Waals surface area contributed by atoms with Gasteiger partial charge in [0.25, 0.3) is 0 Å². The first-order chi connectivity index (χ1) is 13.6. The summed E-state index contributed by atoms with van der Waals surface area (Å²) in [5.74, 6) is -0.469. The molecule has 28 heavy (non-hydrogen) atoms. The number of nitrogens with zero attached hydrogens (tertiary/aromatic N) is 3. The second-order valence-electron chi connectivity index (χ2n) is 6.62. The minimum atomic E-state index is -0.439.